The van der Waals surface area contributed by atoms with E-state index < -0.39 is 0 Å². The number of hydrogen-bond acceptors (Lipinski definition) is 3. The molecule has 9 rings (SSSR count). The Hall–Kier alpha value is -0.120. The third-order valence-corrected chi connectivity index (χ3v) is 17.1. The van der Waals surface area contributed by atoms with Crippen molar-refractivity contribution in [2.75, 3.05) is 26.4 Å². The highest BCUT2D eigenvalue weighted by Gasteiger charge is 2.78. The molecule has 0 amide bonds. The summed E-state index contributed by atoms with van der Waals surface area (Å²) >= 11 is 0. The lowest BCUT2D eigenvalue weighted by molar-refractivity contribution is -0.191. The topological polar surface area (TPSA) is 27.7 Å². The molecule has 12 unspecified atom stereocenters. The maximum absolute atomic E-state index is 7.20. The van der Waals surface area contributed by atoms with E-state index in [0.717, 1.165) is 97.4 Å². The third kappa shape index (κ3) is 3.69. The maximum Gasteiger partial charge on any atom is 0.0687 e. The Morgan fingerprint density at radius 1 is 0.714 bits per heavy atom. The fourth-order valence-corrected chi connectivity index (χ4v) is 16.2. The average Bonchev–Trinajstić information content (AvgIpc) is 3.83. The highest BCUT2D eigenvalue weighted by atomic mass is 16.5. The quantitative estimate of drug-likeness (QED) is 0.288. The summed E-state index contributed by atoms with van der Waals surface area (Å²) in [4.78, 5) is 0. The van der Waals surface area contributed by atoms with Gasteiger partial charge in [0.2, 0.25) is 0 Å². The fourth-order valence-electron chi connectivity index (χ4n) is 16.2. The molecule has 0 aromatic carbocycles. The van der Waals surface area contributed by atoms with Crippen molar-refractivity contribution in [1.82, 2.24) is 0 Å². The predicted octanol–water partition coefficient (Wildman–Crippen LogP) is 8.79. The van der Waals surface area contributed by atoms with Crippen molar-refractivity contribution in [1.29, 1.82) is 0 Å². The van der Waals surface area contributed by atoms with Crippen molar-refractivity contribution in [3.8, 4) is 0 Å². The minimum absolute atomic E-state index is 0.307. The van der Waals surface area contributed by atoms with Gasteiger partial charge < -0.3 is 14.2 Å². The minimum atomic E-state index is 0.307. The summed E-state index contributed by atoms with van der Waals surface area (Å²) in [6, 6.07) is 0. The van der Waals surface area contributed by atoms with Gasteiger partial charge in [-0.2, -0.15) is 0 Å². The monoisotopic (exact) mass is 578 g/mol. The molecular formula is C39H62O3. The van der Waals surface area contributed by atoms with Crippen LogP contribution in [-0.2, 0) is 14.2 Å². The molecule has 0 saturated heterocycles. The largest absolute Gasteiger partial charge is 0.381 e. The van der Waals surface area contributed by atoms with Crippen LogP contribution in [0.4, 0.5) is 0 Å². The highest BCUT2D eigenvalue weighted by Crippen LogP contribution is 2.81. The van der Waals surface area contributed by atoms with Crippen LogP contribution in [0.1, 0.15) is 118 Å². The summed E-state index contributed by atoms with van der Waals surface area (Å²) in [5.41, 5.74) is 1.03. The summed E-state index contributed by atoms with van der Waals surface area (Å²) < 4.78 is 20.9. The standard InChI is InChI=1S/C39H62O3/c1-5-40-22-38-15-7-8-23-9-14-26(18-31(23)38)30(20-42-35-24-10-11-25(35)13-12-24)28-16-27-17-29(28)34-33(27)32-19-39(34,21-38)36(41-6-2)37(32,3)4/h23-36H,5-22H2,1-4H3/t23?,24?,25?,26?,27?,28?,29?,30-,31?,32?,33?,34?,35?,36?,38?,39?/m0/s1. The summed E-state index contributed by atoms with van der Waals surface area (Å²) in [5, 5.41) is 0. The summed E-state index contributed by atoms with van der Waals surface area (Å²) in [7, 11) is 0. The van der Waals surface area contributed by atoms with Crippen LogP contribution >= 0.6 is 0 Å². The van der Waals surface area contributed by atoms with E-state index in [1.807, 2.05) is 0 Å². The van der Waals surface area contributed by atoms with E-state index in [1.165, 1.54) is 89.9 Å². The first-order chi connectivity index (χ1) is 20.4. The van der Waals surface area contributed by atoms with Gasteiger partial charge in [-0.05, 0) is 173 Å². The van der Waals surface area contributed by atoms with Gasteiger partial charge in [0.1, 0.15) is 0 Å². The molecule has 9 aliphatic rings. The molecule has 3 nitrogen and oxygen atoms in total. The van der Waals surface area contributed by atoms with Crippen LogP contribution in [0.2, 0.25) is 0 Å². The molecule has 0 radical (unpaired) electrons. The second kappa shape index (κ2) is 9.94. The fraction of sp³-hybridized carbons (Fsp3) is 1.00. The smallest absolute Gasteiger partial charge is 0.0687 e. The molecule has 9 fully saturated rings. The van der Waals surface area contributed by atoms with Crippen LogP contribution in [0.5, 0.6) is 0 Å². The minimum Gasteiger partial charge on any atom is -0.381 e. The van der Waals surface area contributed by atoms with Crippen LogP contribution in [-0.4, -0.2) is 38.6 Å². The SMILES string of the molecule is CCOCC12CCCC3CCC(CC31)[C@H](COC1C3CCC1CC3)C1CC3CC1C1C3C3CC1(C2)C(OCC)C3(C)C. The van der Waals surface area contributed by atoms with Crippen LogP contribution < -0.4 is 0 Å². The second-order valence-electron chi connectivity index (χ2n) is 18.5. The van der Waals surface area contributed by atoms with Gasteiger partial charge in [-0.25, -0.2) is 0 Å². The van der Waals surface area contributed by atoms with E-state index in [9.17, 15) is 0 Å². The zero-order valence-corrected chi connectivity index (χ0v) is 27.5. The summed E-state index contributed by atoms with van der Waals surface area (Å²) in [6.07, 6.45) is 21.6. The van der Waals surface area contributed by atoms with Gasteiger partial charge >= 0.3 is 0 Å². The average molecular weight is 579 g/mol. The molecule has 42 heavy (non-hydrogen) atoms. The molecule has 0 aliphatic heterocycles. The van der Waals surface area contributed by atoms with Crippen molar-refractivity contribution in [3.05, 3.63) is 0 Å². The zero-order valence-electron chi connectivity index (χ0n) is 27.5. The third-order valence-electron chi connectivity index (χ3n) is 17.1. The first-order valence-corrected chi connectivity index (χ1v) is 19.2. The Balaban J connectivity index is 1.14. The lowest BCUT2D eigenvalue weighted by atomic mass is 9.45. The van der Waals surface area contributed by atoms with Gasteiger partial charge in [0, 0.05) is 18.6 Å². The Morgan fingerprint density at radius 3 is 2.21 bits per heavy atom. The van der Waals surface area contributed by atoms with E-state index >= 15 is 0 Å². The van der Waals surface area contributed by atoms with E-state index in [1.54, 1.807) is 0 Å². The van der Waals surface area contributed by atoms with Crippen LogP contribution in [0.3, 0.4) is 0 Å². The van der Waals surface area contributed by atoms with Crippen LogP contribution in [0.15, 0.2) is 0 Å². The number of ether oxygens (including phenoxy) is 3. The molecule has 8 bridgehead atoms. The summed E-state index contributed by atoms with van der Waals surface area (Å²) in [5.74, 6) is 10.8. The lowest BCUT2D eigenvalue weighted by Gasteiger charge is -2.62. The van der Waals surface area contributed by atoms with Crippen molar-refractivity contribution < 1.29 is 14.2 Å². The first kappa shape index (κ1) is 28.1. The molecule has 3 heteroatoms. The number of fused-ring (bicyclic) bond motifs is 7. The van der Waals surface area contributed by atoms with Gasteiger partial charge in [-0.15, -0.1) is 0 Å². The normalized spacial score (nSPS) is 57.7. The molecule has 9 aliphatic carbocycles. The summed E-state index contributed by atoms with van der Waals surface area (Å²) in [6.45, 7) is 13.7. The molecular weight excluding hydrogens is 516 g/mol. The number of hydrogen-bond donors (Lipinski definition) is 0. The Bertz CT molecular complexity index is 1020. The molecule has 0 aromatic rings. The van der Waals surface area contributed by atoms with E-state index in [2.05, 4.69) is 27.7 Å². The molecule has 0 aromatic heterocycles. The molecule has 0 N–H and O–H groups in total. The molecule has 1 spiro atoms. The predicted molar refractivity (Wildman–Crippen MR) is 167 cm³/mol. The van der Waals surface area contributed by atoms with Crippen LogP contribution in [0, 0.1) is 87.3 Å². The maximum atomic E-state index is 7.20. The lowest BCUT2D eigenvalue weighted by Crippen LogP contribution is -2.59. The van der Waals surface area contributed by atoms with Crippen molar-refractivity contribution in [2.45, 2.75) is 130 Å². The molecule has 9 saturated carbocycles. The Morgan fingerprint density at radius 2 is 1.45 bits per heavy atom. The molecule has 13 atom stereocenters. The highest BCUT2D eigenvalue weighted by molar-refractivity contribution is 5.26. The Kier molecular flexibility index (Phi) is 6.66. The van der Waals surface area contributed by atoms with E-state index in [-0.39, 0.29) is 0 Å². The Labute approximate surface area is 257 Å². The molecule has 236 valence electrons. The van der Waals surface area contributed by atoms with Crippen molar-refractivity contribution in [2.24, 2.45) is 87.3 Å². The number of rotatable bonds is 8. The first-order valence-electron chi connectivity index (χ1n) is 19.2. The van der Waals surface area contributed by atoms with Gasteiger partial charge in [0.05, 0.1) is 25.4 Å². The van der Waals surface area contributed by atoms with Crippen molar-refractivity contribution in [3.63, 3.8) is 0 Å². The van der Waals surface area contributed by atoms with E-state index in [4.69, 9.17) is 14.2 Å². The van der Waals surface area contributed by atoms with Gasteiger partial charge in [-0.1, -0.05) is 26.7 Å². The van der Waals surface area contributed by atoms with Crippen molar-refractivity contribution >= 4 is 0 Å². The second-order valence-corrected chi connectivity index (χ2v) is 18.5. The molecule has 0 heterocycles. The zero-order chi connectivity index (χ0) is 28.4. The van der Waals surface area contributed by atoms with Gasteiger partial charge in [-0.3, -0.25) is 0 Å². The van der Waals surface area contributed by atoms with Gasteiger partial charge in [0.15, 0.2) is 0 Å². The van der Waals surface area contributed by atoms with Gasteiger partial charge in [0.25, 0.3) is 0 Å². The van der Waals surface area contributed by atoms with E-state index in [0.29, 0.717) is 28.5 Å². The van der Waals surface area contributed by atoms with Crippen LogP contribution in [0.25, 0.3) is 0 Å².